The number of aromatic amines is 1. The van der Waals surface area contributed by atoms with E-state index in [4.69, 9.17) is 16.7 Å². The van der Waals surface area contributed by atoms with E-state index in [1.807, 2.05) is 48.5 Å². The molecule has 140 valence electrons. The summed E-state index contributed by atoms with van der Waals surface area (Å²) in [6.45, 7) is 2.08. The number of aromatic nitrogens is 4. The largest absolute Gasteiger partial charge is 0.338 e. The molecule has 1 atom stereocenters. The van der Waals surface area contributed by atoms with Gasteiger partial charge in [0.05, 0.1) is 22.3 Å². The Balaban J connectivity index is 1.66. The maximum absolute atomic E-state index is 12.8. The molecule has 0 radical (unpaired) electrons. The van der Waals surface area contributed by atoms with Crippen molar-refractivity contribution in [2.75, 3.05) is 5.32 Å². The van der Waals surface area contributed by atoms with E-state index in [9.17, 15) is 4.79 Å². The van der Waals surface area contributed by atoms with E-state index >= 15 is 0 Å². The van der Waals surface area contributed by atoms with Crippen LogP contribution in [0.25, 0.3) is 17.0 Å². The second-order valence-corrected chi connectivity index (χ2v) is 7.67. The average Bonchev–Trinajstić information content (AvgIpc) is 3.23. The summed E-state index contributed by atoms with van der Waals surface area (Å²) >= 11 is 6.10. The third kappa shape index (κ3) is 2.86. The van der Waals surface area contributed by atoms with Crippen LogP contribution in [0.4, 0.5) is 11.5 Å². The van der Waals surface area contributed by atoms with Crippen LogP contribution in [0.2, 0.25) is 5.02 Å². The van der Waals surface area contributed by atoms with E-state index < -0.39 is 0 Å². The Hall–Kier alpha value is -3.12. The molecule has 7 heteroatoms. The van der Waals surface area contributed by atoms with Gasteiger partial charge in [-0.25, -0.2) is 9.67 Å². The van der Waals surface area contributed by atoms with Gasteiger partial charge >= 0.3 is 0 Å². The molecule has 2 aromatic heterocycles. The first-order valence-electron chi connectivity index (χ1n) is 9.21. The van der Waals surface area contributed by atoms with Gasteiger partial charge in [0.15, 0.2) is 11.6 Å². The molecule has 0 fully saturated rings. The molecule has 1 aliphatic carbocycles. The Kier molecular flexibility index (Phi) is 3.94. The zero-order valence-electron chi connectivity index (χ0n) is 15.2. The predicted octanol–water partition coefficient (Wildman–Crippen LogP) is 4.91. The SMILES string of the molecule is CC1CC(=O)c2c(Nc3cccc(Cl)c3)nn(-c3nc4ccccc4[nH]3)c2C1. The lowest BCUT2D eigenvalue weighted by Crippen LogP contribution is -2.20. The van der Waals surface area contributed by atoms with Gasteiger partial charge in [-0.3, -0.25) is 4.79 Å². The fourth-order valence-electron chi connectivity index (χ4n) is 3.76. The Morgan fingerprint density at radius 3 is 2.86 bits per heavy atom. The fourth-order valence-corrected chi connectivity index (χ4v) is 3.95. The number of ketones is 1. The lowest BCUT2D eigenvalue weighted by molar-refractivity contribution is 0.0953. The van der Waals surface area contributed by atoms with Gasteiger partial charge < -0.3 is 10.3 Å². The highest BCUT2D eigenvalue weighted by Crippen LogP contribution is 2.34. The predicted molar refractivity (Wildman–Crippen MR) is 110 cm³/mol. The normalized spacial score (nSPS) is 16.4. The molecule has 2 aromatic carbocycles. The van der Waals surface area contributed by atoms with Gasteiger partial charge in [0.2, 0.25) is 5.95 Å². The number of nitrogens with one attached hydrogen (secondary N) is 2. The van der Waals surface area contributed by atoms with Crippen LogP contribution in [-0.4, -0.2) is 25.5 Å². The minimum atomic E-state index is 0.0978. The molecular weight excluding hydrogens is 374 g/mol. The van der Waals surface area contributed by atoms with E-state index in [0.717, 1.165) is 28.8 Å². The molecule has 0 spiro atoms. The van der Waals surface area contributed by atoms with Gasteiger partial charge in [0.25, 0.3) is 0 Å². The van der Waals surface area contributed by atoms with E-state index in [1.54, 1.807) is 4.68 Å². The third-order valence-corrected chi connectivity index (χ3v) is 5.24. The molecule has 0 saturated carbocycles. The molecule has 0 amide bonds. The number of Topliss-reactive ketones (excluding diaryl/α,β-unsaturated/α-hetero) is 1. The number of carbonyl (C=O) groups is 1. The van der Waals surface area contributed by atoms with Gasteiger partial charge in [-0.15, -0.1) is 5.10 Å². The van der Waals surface area contributed by atoms with Crippen LogP contribution in [0.15, 0.2) is 48.5 Å². The van der Waals surface area contributed by atoms with Crippen LogP contribution >= 0.6 is 11.6 Å². The zero-order chi connectivity index (χ0) is 19.3. The molecular formula is C21H18ClN5O. The Labute approximate surface area is 166 Å². The van der Waals surface area contributed by atoms with Crippen molar-refractivity contribution in [3.8, 4) is 5.95 Å². The van der Waals surface area contributed by atoms with Crippen LogP contribution in [0, 0.1) is 5.92 Å². The summed E-state index contributed by atoms with van der Waals surface area (Å²) in [5.41, 5.74) is 4.10. The van der Waals surface area contributed by atoms with Crippen LogP contribution < -0.4 is 5.32 Å². The lowest BCUT2D eigenvalue weighted by atomic mass is 9.88. The third-order valence-electron chi connectivity index (χ3n) is 5.00. The number of rotatable bonds is 3. The quantitative estimate of drug-likeness (QED) is 0.520. The van der Waals surface area contributed by atoms with Crippen molar-refractivity contribution in [2.45, 2.75) is 19.8 Å². The topological polar surface area (TPSA) is 75.6 Å². The number of benzene rings is 2. The summed E-state index contributed by atoms with van der Waals surface area (Å²) in [7, 11) is 0. The molecule has 0 saturated heterocycles. The minimum absolute atomic E-state index is 0.0978. The van der Waals surface area contributed by atoms with E-state index in [2.05, 4.69) is 22.2 Å². The maximum atomic E-state index is 12.8. The fraction of sp³-hybridized carbons (Fsp3) is 0.190. The van der Waals surface area contributed by atoms with Gasteiger partial charge in [0, 0.05) is 17.1 Å². The molecule has 0 bridgehead atoms. The standard InChI is InChI=1S/C21H18ClN5O/c1-12-9-17-19(18(28)10-12)20(23-14-6-4-5-13(22)11-14)26-27(17)21-24-15-7-2-3-8-16(15)25-21/h2-8,11-12H,9-10H2,1H3,(H,23,26)(H,24,25). The molecule has 0 aliphatic heterocycles. The first-order chi connectivity index (χ1) is 13.6. The number of anilines is 2. The highest BCUT2D eigenvalue weighted by Gasteiger charge is 2.31. The zero-order valence-corrected chi connectivity index (χ0v) is 16.0. The summed E-state index contributed by atoms with van der Waals surface area (Å²) in [5.74, 6) is 1.51. The Bertz CT molecular complexity index is 1180. The minimum Gasteiger partial charge on any atom is -0.338 e. The molecule has 2 N–H and O–H groups in total. The summed E-state index contributed by atoms with van der Waals surface area (Å²) in [6.07, 6.45) is 1.28. The molecule has 28 heavy (non-hydrogen) atoms. The summed E-state index contributed by atoms with van der Waals surface area (Å²) < 4.78 is 1.76. The summed E-state index contributed by atoms with van der Waals surface area (Å²) in [4.78, 5) is 20.8. The van der Waals surface area contributed by atoms with Gasteiger partial charge in [-0.1, -0.05) is 36.7 Å². The average molecular weight is 392 g/mol. The number of fused-ring (bicyclic) bond motifs is 2. The van der Waals surface area contributed by atoms with Crippen molar-refractivity contribution in [2.24, 2.45) is 5.92 Å². The van der Waals surface area contributed by atoms with E-state index in [-0.39, 0.29) is 11.7 Å². The van der Waals surface area contributed by atoms with Crippen LogP contribution in [0.5, 0.6) is 0 Å². The van der Waals surface area contributed by atoms with Crippen molar-refractivity contribution in [1.82, 2.24) is 19.7 Å². The highest BCUT2D eigenvalue weighted by molar-refractivity contribution is 6.30. The van der Waals surface area contributed by atoms with E-state index in [1.165, 1.54) is 0 Å². The number of halogens is 1. The monoisotopic (exact) mass is 391 g/mol. The van der Waals surface area contributed by atoms with Gasteiger partial charge in [-0.2, -0.15) is 0 Å². The first kappa shape index (κ1) is 17.0. The van der Waals surface area contributed by atoms with Gasteiger partial charge in [0.1, 0.15) is 0 Å². The number of hydrogen-bond acceptors (Lipinski definition) is 4. The number of hydrogen-bond donors (Lipinski definition) is 2. The molecule has 4 aromatic rings. The molecule has 5 rings (SSSR count). The second kappa shape index (κ2) is 6.49. The number of imidazole rings is 1. The van der Waals surface area contributed by atoms with E-state index in [0.29, 0.717) is 28.8 Å². The molecule has 6 nitrogen and oxygen atoms in total. The van der Waals surface area contributed by atoms with Crippen molar-refractivity contribution in [3.05, 3.63) is 64.8 Å². The number of nitrogens with zero attached hydrogens (tertiary/aromatic N) is 3. The number of H-pyrrole nitrogens is 1. The Morgan fingerprint density at radius 1 is 1.18 bits per heavy atom. The Morgan fingerprint density at radius 2 is 2.04 bits per heavy atom. The van der Waals surface area contributed by atoms with Crippen LogP contribution in [-0.2, 0) is 6.42 Å². The van der Waals surface area contributed by atoms with Crippen molar-refractivity contribution in [1.29, 1.82) is 0 Å². The number of para-hydroxylation sites is 2. The lowest BCUT2D eigenvalue weighted by Gasteiger charge is -2.18. The highest BCUT2D eigenvalue weighted by atomic mass is 35.5. The second-order valence-electron chi connectivity index (χ2n) is 7.23. The van der Waals surface area contributed by atoms with Crippen molar-refractivity contribution in [3.63, 3.8) is 0 Å². The number of carbonyl (C=O) groups excluding carboxylic acids is 1. The molecule has 1 aliphatic rings. The maximum Gasteiger partial charge on any atom is 0.229 e. The molecule has 2 heterocycles. The summed E-state index contributed by atoms with van der Waals surface area (Å²) in [5, 5.41) is 8.60. The smallest absolute Gasteiger partial charge is 0.229 e. The summed E-state index contributed by atoms with van der Waals surface area (Å²) in [6, 6.07) is 15.2. The van der Waals surface area contributed by atoms with Crippen molar-refractivity contribution < 1.29 is 4.79 Å². The molecule has 1 unspecified atom stereocenters. The van der Waals surface area contributed by atoms with Crippen LogP contribution in [0.1, 0.15) is 29.4 Å². The van der Waals surface area contributed by atoms with Crippen LogP contribution in [0.3, 0.4) is 0 Å². The van der Waals surface area contributed by atoms with Gasteiger partial charge in [-0.05, 0) is 42.7 Å². The first-order valence-corrected chi connectivity index (χ1v) is 9.59. The van der Waals surface area contributed by atoms with Crippen molar-refractivity contribution >= 4 is 39.9 Å².